The average molecular weight is 1980 g/mol. The van der Waals surface area contributed by atoms with E-state index in [-0.39, 0.29) is 57.0 Å². The van der Waals surface area contributed by atoms with Crippen LogP contribution in [0.4, 0.5) is 4.39 Å². The minimum absolute atomic E-state index is 0.0399. The molecule has 3 rings (SSSR count). The molecule has 784 valence electrons. The average Bonchev–Trinajstić information content (AvgIpc) is 1.38. The fraction of sp³-hybridized carbons (Fsp3) is 0.685. The van der Waals surface area contributed by atoms with Gasteiger partial charge in [0.15, 0.2) is 23.6 Å². The second-order valence-corrected chi connectivity index (χ2v) is 39.7. The van der Waals surface area contributed by atoms with Crippen molar-refractivity contribution in [2.24, 2.45) is 108 Å². The predicted octanol–water partition coefficient (Wildman–Crippen LogP) is 13.5. The lowest BCUT2D eigenvalue weighted by molar-refractivity contribution is -0.136. The van der Waals surface area contributed by atoms with Gasteiger partial charge in [0.25, 0.3) is 11.8 Å². The second-order valence-electron chi connectivity index (χ2n) is 39.7. The van der Waals surface area contributed by atoms with Gasteiger partial charge in [0.1, 0.15) is 117 Å². The summed E-state index contributed by atoms with van der Waals surface area (Å²) in [5.74, 6) is -18.9. The zero-order valence-corrected chi connectivity index (χ0v) is 84.7. The van der Waals surface area contributed by atoms with Crippen molar-refractivity contribution in [2.45, 2.75) is 361 Å². The van der Waals surface area contributed by atoms with Gasteiger partial charge in [0, 0.05) is 39.3 Å². The third-order valence-electron chi connectivity index (χ3n) is 22.1. The number of rotatable bonds is 53. The van der Waals surface area contributed by atoms with Crippen molar-refractivity contribution in [3.8, 4) is 0 Å². The highest BCUT2D eigenvalue weighted by molar-refractivity contribution is 6.01. The van der Waals surface area contributed by atoms with Crippen molar-refractivity contribution in [2.75, 3.05) is 26.2 Å². The maximum atomic E-state index is 14.6. The normalized spacial score (nSPS) is 19.5. The third-order valence-corrected chi connectivity index (χ3v) is 22.1. The summed E-state index contributed by atoms with van der Waals surface area (Å²) < 4.78 is 14.0. The molecule has 0 radical (unpaired) electrons. The van der Waals surface area contributed by atoms with Crippen LogP contribution in [0.5, 0.6) is 0 Å². The van der Waals surface area contributed by atoms with E-state index in [1.54, 1.807) is 47.6 Å². The molecule has 0 bridgehead atoms. The smallest absolute Gasteiger partial charge is 0.250 e. The van der Waals surface area contributed by atoms with Gasteiger partial charge in [-0.3, -0.25) is 25.8 Å². The Bertz CT molecular complexity index is 5090. The number of hydrogen-bond donors (Lipinski definition) is 25. The zero-order chi connectivity index (χ0) is 108. The van der Waals surface area contributed by atoms with Crippen LogP contribution >= 0.6 is 0 Å². The van der Waals surface area contributed by atoms with Crippen LogP contribution in [-0.4, -0.2) is 395 Å². The summed E-state index contributed by atoms with van der Waals surface area (Å²) in [6, 6.07) is -9.08. The van der Waals surface area contributed by atoms with Crippen molar-refractivity contribution in [1.82, 2.24) is 9.80 Å². The number of aliphatic imine (C=N–C) groups is 18. The number of hydrogen-bond acceptors (Lipinski definition) is 24. The lowest BCUT2D eigenvalue weighted by atomic mass is 10.0. The Hall–Kier alpha value is -13.1. The Morgan fingerprint density at radius 3 is 1.23 bits per heavy atom. The molecule has 0 spiro atoms. The molecule has 2 aliphatic rings. The topological polar surface area (TPSA) is 780 Å². The van der Waals surface area contributed by atoms with Crippen LogP contribution in [0.1, 0.15) is 249 Å². The third kappa shape index (κ3) is 37.3. The number of amides is 2. The van der Waals surface area contributed by atoms with E-state index in [0.717, 1.165) is 0 Å². The maximum Gasteiger partial charge on any atom is 0.250 e. The SMILES string of the molecule is CC(O)=NC(C)(C)C(=O)N1CCC[C@H]1C(O)=NC(C)(C)C(O)=N[C@@H](C)C(O)=NC(C)(C)C(O)=N[C@@H](C)C(O)=N[C@@H](CCC(=N)O)C(O)=NC(C)(C)C(O)=N[C@H](C(O)=NC(C)(C)C(O)=NCC(O)=N[C@@H](CC(C)C)C(O)=NC(C)(C)C(=O)N1CCC[C@H]1C(O)=N[C@H](C(O)=NC(C)(C)C(O)=NC(C)(C)C(O)=N[C@@H](CCC(=N)O)C(O)=N[C@@H](CCC(=N)O)C(O)=N[C@H](CO)Cc1cccc(F)c1)C(C)C)C(C)C. The molecule has 140 heavy (non-hydrogen) atoms. The molecule has 1 aromatic rings. The molecule has 0 saturated carbocycles. The molecule has 2 saturated heterocycles. The number of carbonyl (C=O) groups excluding carboxylic acids is 2. The largest absolute Gasteiger partial charge is 0.497 e. The van der Waals surface area contributed by atoms with E-state index in [9.17, 15) is 126 Å². The number of benzene rings is 1. The van der Waals surface area contributed by atoms with Crippen molar-refractivity contribution in [1.29, 1.82) is 16.2 Å². The van der Waals surface area contributed by atoms with E-state index in [1.165, 1.54) is 160 Å². The number of nitrogens with zero attached hydrogens (tertiary/aromatic N) is 20. The Labute approximate surface area is 814 Å². The van der Waals surface area contributed by atoms with Crippen molar-refractivity contribution in [3.05, 3.63) is 35.6 Å². The summed E-state index contributed by atoms with van der Waals surface area (Å²) in [4.78, 5) is 106. The molecular weight excluding hydrogens is 1830 g/mol. The lowest BCUT2D eigenvalue weighted by Crippen LogP contribution is -2.50. The lowest BCUT2D eigenvalue weighted by Gasteiger charge is -2.31. The highest BCUT2D eigenvalue weighted by Gasteiger charge is 2.45. The highest BCUT2D eigenvalue weighted by Crippen LogP contribution is 2.31. The van der Waals surface area contributed by atoms with Gasteiger partial charge < -0.3 is 122 Å². The number of carbonyl (C=O) groups is 2. The molecule has 0 unspecified atom stereocenters. The molecule has 2 fully saturated rings. The molecule has 47 nitrogen and oxygen atoms in total. The minimum atomic E-state index is -1.90. The van der Waals surface area contributed by atoms with Gasteiger partial charge in [-0.25, -0.2) is 94.3 Å². The first-order valence-corrected chi connectivity index (χ1v) is 45.8. The number of nitrogens with one attached hydrogen (secondary N) is 3. The van der Waals surface area contributed by atoms with E-state index in [1.807, 2.05) is 0 Å². The summed E-state index contributed by atoms with van der Waals surface area (Å²) in [7, 11) is 0. The maximum absolute atomic E-state index is 14.6. The van der Waals surface area contributed by atoms with Gasteiger partial charge in [-0.05, 0) is 218 Å². The van der Waals surface area contributed by atoms with Gasteiger partial charge in [-0.1, -0.05) is 53.7 Å². The van der Waals surface area contributed by atoms with E-state index >= 15 is 0 Å². The molecule has 11 atom stereocenters. The standard InChI is InChI=1S/C92H150FN23O24/c1-46(2)41-58(72(128)110-92(24,25)84(140)115-39-27-31-59(115)73(129)105-65(47(3)4)75(131)113-90(20,21)82(138)114-89(18,19)80(136)104-56(34-37-62(95)120)70(126)103-55(33-36-61(94)119)69(125)100-54(45-117)43-52-29-26-30-53(93)42-52)101-64(122)44-97-77(133)85(10,11)112-76(132)66(48(5)6)106-81(137)88(16,17)109-71(127)57(35-38-63(96)121)102-67(123)49(7)98-78(134)86(12,13)108-68(124)50(8)99-79(135)87(14,15)111-74(130)60-32-28-40-116(60)83(139)91(22,23)107-51(9)118/h26,29-30,42,46-50,54-60,65-66,117H,27-28,31-41,43-45H2,1-25H3,(H2,94,119)(H2,95,120)(H2,96,121)(H,97,133)(H,98,134)(H,99,135)(H,100,125)(H,101,122)(H,102,123)(H,103,126)(H,104,136)(H,105,129)(H,106,137)(H,107,118)(H,108,124)(H,109,127)(H,110,128)(H,111,130)(H,112,132)(H,113,131)(H,114,138)/t49-,50-,54-,55-,56-,57-,58-,59-,60-,65-,66-/m0/s1. The van der Waals surface area contributed by atoms with Crippen molar-refractivity contribution < 1.29 is 126 Å². The molecule has 2 heterocycles. The monoisotopic (exact) mass is 1980 g/mol. The first kappa shape index (κ1) is 121. The van der Waals surface area contributed by atoms with Gasteiger partial charge in [-0.15, -0.1) is 0 Å². The quantitative estimate of drug-likeness (QED) is 0.0213. The van der Waals surface area contributed by atoms with E-state index in [0.29, 0.717) is 24.8 Å². The Kier molecular flexibility index (Phi) is 44.3. The number of aliphatic hydroxyl groups excluding tert-OH is 22. The molecular formula is C92H150FN23O24. The Morgan fingerprint density at radius 2 is 0.771 bits per heavy atom. The van der Waals surface area contributed by atoms with Gasteiger partial charge in [-0.2, -0.15) is 0 Å². The Balaban J connectivity index is 1.92. The highest BCUT2D eigenvalue weighted by atomic mass is 19.1. The number of likely N-dealkylation sites (tertiary alicyclic amines) is 2. The van der Waals surface area contributed by atoms with Gasteiger partial charge >= 0.3 is 0 Å². The van der Waals surface area contributed by atoms with Gasteiger partial charge in [0.05, 0.1) is 12.6 Å². The van der Waals surface area contributed by atoms with Crippen LogP contribution in [0.3, 0.4) is 0 Å². The van der Waals surface area contributed by atoms with E-state index in [4.69, 9.17) is 16.2 Å². The fourth-order valence-electron chi connectivity index (χ4n) is 13.9. The Morgan fingerprint density at radius 1 is 0.400 bits per heavy atom. The summed E-state index contributed by atoms with van der Waals surface area (Å²) in [6.45, 7) is 34.8. The van der Waals surface area contributed by atoms with Crippen LogP contribution < -0.4 is 0 Å². The van der Waals surface area contributed by atoms with Crippen LogP contribution in [0, 0.1) is 39.8 Å². The van der Waals surface area contributed by atoms with E-state index < -0.39 is 297 Å². The summed E-state index contributed by atoms with van der Waals surface area (Å²) in [5.41, 5.74) is -13.6. The molecule has 2 aliphatic heterocycles. The van der Waals surface area contributed by atoms with Gasteiger partial charge in [0.2, 0.25) is 100 Å². The zero-order valence-electron chi connectivity index (χ0n) is 84.7. The van der Waals surface area contributed by atoms with Crippen LogP contribution in [0.15, 0.2) is 114 Å². The summed E-state index contributed by atoms with van der Waals surface area (Å²) >= 11 is 0. The van der Waals surface area contributed by atoms with Crippen LogP contribution in [-0.2, 0) is 16.0 Å². The molecule has 25 N–H and O–H groups in total. The number of halogens is 1. The molecule has 2 amide bonds. The van der Waals surface area contributed by atoms with Crippen LogP contribution in [0.2, 0.25) is 0 Å². The second kappa shape index (κ2) is 51.2. The summed E-state index contributed by atoms with van der Waals surface area (Å²) in [6.07, 6.45) is -1.02. The fourth-order valence-corrected chi connectivity index (χ4v) is 13.9. The van der Waals surface area contributed by atoms with Crippen molar-refractivity contribution in [3.63, 3.8) is 0 Å². The first-order chi connectivity index (χ1) is 64.2. The first-order valence-electron chi connectivity index (χ1n) is 45.8. The molecule has 0 aromatic heterocycles. The van der Waals surface area contributed by atoms with E-state index in [2.05, 4.69) is 89.9 Å². The predicted molar refractivity (Wildman–Crippen MR) is 544 cm³/mol. The van der Waals surface area contributed by atoms with Crippen LogP contribution in [0.25, 0.3) is 0 Å². The van der Waals surface area contributed by atoms with Crippen molar-refractivity contribution >= 4 is 136 Å². The molecule has 48 heteroatoms. The summed E-state index contributed by atoms with van der Waals surface area (Å²) in [5, 5.41) is 267. The molecule has 1 aromatic carbocycles. The molecule has 0 aliphatic carbocycles. The number of aliphatic hydroxyl groups is 22. The minimum Gasteiger partial charge on any atom is -0.497 e.